The fraction of sp³-hybridized carbons (Fsp3) is 0.267. The molecule has 0 aliphatic carbocycles. The Morgan fingerprint density at radius 2 is 2.32 bits per heavy atom. The number of furan rings is 1. The molecule has 0 spiro atoms. The molecular formula is C15H13N3O3S. The standard InChI is InChI=1S/C15H13N3O3S/c19-13-7-10(8-18(13)9-11-3-1-5-20-11)15-16-14(17-21-15)12-4-2-6-22-12/h1-6,10H,7-9H2. The summed E-state index contributed by atoms with van der Waals surface area (Å²) in [5.41, 5.74) is 0. The fourth-order valence-corrected chi connectivity index (χ4v) is 3.24. The lowest BCUT2D eigenvalue weighted by Gasteiger charge is -2.13. The van der Waals surface area contributed by atoms with Gasteiger partial charge in [-0.25, -0.2) is 0 Å². The number of hydrogen-bond acceptors (Lipinski definition) is 6. The van der Waals surface area contributed by atoms with Crippen LogP contribution in [0, 0.1) is 0 Å². The Labute approximate surface area is 130 Å². The van der Waals surface area contributed by atoms with Crippen LogP contribution >= 0.6 is 11.3 Å². The molecule has 7 heteroatoms. The SMILES string of the molecule is O=C1CC(c2nc(-c3cccs3)no2)CN1Cc1ccco1. The van der Waals surface area contributed by atoms with Gasteiger partial charge in [0.05, 0.1) is 23.6 Å². The molecular weight excluding hydrogens is 302 g/mol. The summed E-state index contributed by atoms with van der Waals surface area (Å²) in [4.78, 5) is 19.3. The van der Waals surface area contributed by atoms with Crippen LogP contribution in [0.25, 0.3) is 10.7 Å². The maximum Gasteiger partial charge on any atom is 0.232 e. The maximum absolute atomic E-state index is 12.1. The minimum Gasteiger partial charge on any atom is -0.467 e. The van der Waals surface area contributed by atoms with Crippen molar-refractivity contribution in [2.45, 2.75) is 18.9 Å². The van der Waals surface area contributed by atoms with Crippen molar-refractivity contribution in [2.75, 3.05) is 6.54 Å². The van der Waals surface area contributed by atoms with Gasteiger partial charge in [-0.05, 0) is 23.6 Å². The Balaban J connectivity index is 1.49. The predicted octanol–water partition coefficient (Wildman–Crippen LogP) is 2.91. The highest BCUT2D eigenvalue weighted by Gasteiger charge is 2.34. The number of likely N-dealkylation sites (tertiary alicyclic amines) is 1. The number of carbonyl (C=O) groups is 1. The molecule has 112 valence electrons. The molecule has 0 saturated carbocycles. The van der Waals surface area contributed by atoms with Crippen LogP contribution in [0.5, 0.6) is 0 Å². The van der Waals surface area contributed by atoms with Crippen LogP contribution in [0.2, 0.25) is 0 Å². The van der Waals surface area contributed by atoms with Crippen LogP contribution in [0.15, 0.2) is 44.8 Å². The van der Waals surface area contributed by atoms with Crippen LogP contribution in [-0.2, 0) is 11.3 Å². The van der Waals surface area contributed by atoms with Gasteiger partial charge in [0.25, 0.3) is 0 Å². The van der Waals surface area contributed by atoms with Crippen molar-refractivity contribution < 1.29 is 13.7 Å². The lowest BCUT2D eigenvalue weighted by molar-refractivity contribution is -0.128. The van der Waals surface area contributed by atoms with E-state index in [1.807, 2.05) is 29.6 Å². The van der Waals surface area contributed by atoms with Crippen molar-refractivity contribution in [2.24, 2.45) is 0 Å². The van der Waals surface area contributed by atoms with E-state index in [0.29, 0.717) is 31.2 Å². The second-order valence-electron chi connectivity index (χ2n) is 5.19. The van der Waals surface area contributed by atoms with E-state index in [1.54, 1.807) is 22.5 Å². The largest absolute Gasteiger partial charge is 0.467 e. The molecule has 1 amide bonds. The van der Waals surface area contributed by atoms with E-state index >= 15 is 0 Å². The van der Waals surface area contributed by atoms with Gasteiger partial charge in [-0.3, -0.25) is 4.79 Å². The smallest absolute Gasteiger partial charge is 0.232 e. The number of hydrogen-bond donors (Lipinski definition) is 0. The Morgan fingerprint density at radius 3 is 3.09 bits per heavy atom. The highest BCUT2D eigenvalue weighted by molar-refractivity contribution is 7.13. The molecule has 22 heavy (non-hydrogen) atoms. The number of thiophene rings is 1. The minimum absolute atomic E-state index is 0.0522. The molecule has 6 nitrogen and oxygen atoms in total. The van der Waals surface area contributed by atoms with E-state index in [1.165, 1.54) is 0 Å². The van der Waals surface area contributed by atoms with E-state index in [4.69, 9.17) is 8.94 Å². The van der Waals surface area contributed by atoms with E-state index < -0.39 is 0 Å². The maximum atomic E-state index is 12.1. The van der Waals surface area contributed by atoms with Gasteiger partial charge in [0.1, 0.15) is 5.76 Å². The second-order valence-corrected chi connectivity index (χ2v) is 6.14. The summed E-state index contributed by atoms with van der Waals surface area (Å²) in [5, 5.41) is 5.97. The second kappa shape index (κ2) is 5.42. The zero-order chi connectivity index (χ0) is 14.9. The quantitative estimate of drug-likeness (QED) is 0.740. The van der Waals surface area contributed by atoms with E-state index in [-0.39, 0.29) is 11.8 Å². The monoisotopic (exact) mass is 315 g/mol. The van der Waals surface area contributed by atoms with Gasteiger partial charge < -0.3 is 13.8 Å². The normalized spacial score (nSPS) is 18.3. The molecule has 4 rings (SSSR count). The molecule has 4 heterocycles. The van der Waals surface area contributed by atoms with E-state index in [2.05, 4.69) is 10.1 Å². The van der Waals surface area contributed by atoms with Crippen molar-refractivity contribution in [3.63, 3.8) is 0 Å². The molecule has 0 N–H and O–H groups in total. The van der Waals surface area contributed by atoms with Gasteiger partial charge in [0.15, 0.2) is 0 Å². The molecule has 1 aliphatic rings. The highest BCUT2D eigenvalue weighted by atomic mass is 32.1. The topological polar surface area (TPSA) is 72.4 Å². The Kier molecular flexibility index (Phi) is 3.27. The molecule has 1 unspecified atom stereocenters. The third-order valence-electron chi connectivity index (χ3n) is 3.67. The number of aromatic nitrogens is 2. The molecule has 0 radical (unpaired) electrons. The third kappa shape index (κ3) is 2.43. The Hall–Kier alpha value is -2.41. The zero-order valence-corrected chi connectivity index (χ0v) is 12.5. The molecule has 1 fully saturated rings. The Bertz CT molecular complexity index is 764. The van der Waals surface area contributed by atoms with E-state index in [0.717, 1.165) is 10.6 Å². The molecule has 3 aromatic rings. The summed E-state index contributed by atoms with van der Waals surface area (Å²) < 4.78 is 10.6. The number of nitrogens with zero attached hydrogens (tertiary/aromatic N) is 3. The lowest BCUT2D eigenvalue weighted by atomic mass is 10.1. The fourth-order valence-electron chi connectivity index (χ4n) is 2.59. The molecule has 1 aliphatic heterocycles. The molecule has 0 aromatic carbocycles. The van der Waals surface area contributed by atoms with Gasteiger partial charge in [0, 0.05) is 13.0 Å². The molecule has 0 bridgehead atoms. The van der Waals surface area contributed by atoms with Crippen molar-refractivity contribution in [3.8, 4) is 10.7 Å². The summed E-state index contributed by atoms with van der Waals surface area (Å²) in [6.07, 6.45) is 2.01. The first-order valence-electron chi connectivity index (χ1n) is 6.97. The van der Waals surface area contributed by atoms with Gasteiger partial charge in [0.2, 0.25) is 17.6 Å². The van der Waals surface area contributed by atoms with Gasteiger partial charge >= 0.3 is 0 Å². The Morgan fingerprint density at radius 1 is 1.36 bits per heavy atom. The average Bonchev–Trinajstić information content (AvgIpc) is 3.27. The van der Waals surface area contributed by atoms with Gasteiger partial charge in [-0.2, -0.15) is 4.98 Å². The summed E-state index contributed by atoms with van der Waals surface area (Å²) in [5.74, 6) is 1.92. The van der Waals surface area contributed by atoms with Gasteiger partial charge in [-0.15, -0.1) is 11.3 Å². The van der Waals surface area contributed by atoms with Crippen molar-refractivity contribution in [1.29, 1.82) is 0 Å². The predicted molar refractivity (Wildman–Crippen MR) is 79.1 cm³/mol. The van der Waals surface area contributed by atoms with Crippen LogP contribution < -0.4 is 0 Å². The number of carbonyl (C=O) groups excluding carboxylic acids is 1. The van der Waals surface area contributed by atoms with Crippen LogP contribution in [0.4, 0.5) is 0 Å². The average molecular weight is 315 g/mol. The first-order valence-corrected chi connectivity index (χ1v) is 7.85. The van der Waals surface area contributed by atoms with Crippen LogP contribution in [0.3, 0.4) is 0 Å². The van der Waals surface area contributed by atoms with Crippen LogP contribution in [-0.4, -0.2) is 27.5 Å². The lowest BCUT2D eigenvalue weighted by Crippen LogP contribution is -2.24. The van der Waals surface area contributed by atoms with Crippen LogP contribution in [0.1, 0.15) is 24.0 Å². The summed E-state index contributed by atoms with van der Waals surface area (Å²) in [7, 11) is 0. The van der Waals surface area contributed by atoms with Crippen molar-refractivity contribution in [1.82, 2.24) is 15.0 Å². The van der Waals surface area contributed by atoms with Gasteiger partial charge in [-0.1, -0.05) is 11.2 Å². The summed E-state index contributed by atoms with van der Waals surface area (Å²) in [6.45, 7) is 1.06. The number of rotatable bonds is 4. The molecule has 1 saturated heterocycles. The van der Waals surface area contributed by atoms with Crippen molar-refractivity contribution >= 4 is 17.2 Å². The first-order chi connectivity index (χ1) is 10.8. The third-order valence-corrected chi connectivity index (χ3v) is 4.54. The number of amides is 1. The molecule has 1 atom stereocenters. The summed E-state index contributed by atoms with van der Waals surface area (Å²) >= 11 is 1.56. The first kappa shape index (κ1) is 13.3. The highest BCUT2D eigenvalue weighted by Crippen LogP contribution is 2.30. The zero-order valence-electron chi connectivity index (χ0n) is 11.6. The molecule has 3 aromatic heterocycles. The van der Waals surface area contributed by atoms with Crippen molar-refractivity contribution in [3.05, 3.63) is 47.6 Å². The summed E-state index contributed by atoms with van der Waals surface area (Å²) in [6, 6.07) is 7.57. The van der Waals surface area contributed by atoms with E-state index in [9.17, 15) is 4.79 Å². The minimum atomic E-state index is -0.0522.